The van der Waals surface area contributed by atoms with E-state index >= 15 is 0 Å². The third-order valence-electron chi connectivity index (χ3n) is 6.37. The summed E-state index contributed by atoms with van der Waals surface area (Å²) < 4.78 is 10.4. The third kappa shape index (κ3) is 6.78. The molecule has 1 aromatic heterocycles. The van der Waals surface area contributed by atoms with Crippen molar-refractivity contribution in [2.45, 2.75) is 48.6 Å². The van der Waals surface area contributed by atoms with Crippen LogP contribution in [-0.4, -0.2) is 73.0 Å². The van der Waals surface area contributed by atoms with E-state index in [1.54, 1.807) is 18.9 Å². The number of ether oxygens (including phenoxy) is 2. The summed E-state index contributed by atoms with van der Waals surface area (Å²) in [7, 11) is 1.65. The Morgan fingerprint density at radius 2 is 1.94 bits per heavy atom. The first-order chi connectivity index (χ1) is 17.1. The number of hydrogen-bond acceptors (Lipinski definition) is 8. The second-order valence-electron chi connectivity index (χ2n) is 8.76. The maximum atomic E-state index is 13.0. The molecular weight excluding hydrogens is 466 g/mol. The van der Waals surface area contributed by atoms with E-state index in [1.165, 1.54) is 11.8 Å². The molecule has 0 aliphatic carbocycles. The van der Waals surface area contributed by atoms with Crippen LogP contribution in [0.1, 0.15) is 32.6 Å². The number of methoxy groups -OCH3 is 1. The molecule has 1 N–H and O–H groups in total. The van der Waals surface area contributed by atoms with E-state index in [2.05, 4.69) is 20.4 Å². The zero-order chi connectivity index (χ0) is 24.6. The van der Waals surface area contributed by atoms with Gasteiger partial charge in [0.15, 0.2) is 5.82 Å². The van der Waals surface area contributed by atoms with E-state index in [-0.39, 0.29) is 24.0 Å². The van der Waals surface area contributed by atoms with Gasteiger partial charge in [-0.2, -0.15) is 0 Å². The number of anilines is 1. The highest BCUT2D eigenvalue weighted by Gasteiger charge is 2.30. The van der Waals surface area contributed by atoms with Crippen LogP contribution < -0.4 is 15.0 Å². The molecule has 4 rings (SSSR count). The van der Waals surface area contributed by atoms with Crippen molar-refractivity contribution in [2.24, 2.45) is 5.92 Å². The van der Waals surface area contributed by atoms with Crippen molar-refractivity contribution in [3.63, 3.8) is 0 Å². The highest BCUT2D eigenvalue weighted by molar-refractivity contribution is 7.99. The molecule has 0 bridgehead atoms. The lowest BCUT2D eigenvalue weighted by Gasteiger charge is -2.35. The molecule has 2 aliphatic rings. The number of carbonyl (C=O) groups excluding carboxylic acids is 2. The molecule has 0 radical (unpaired) electrons. The summed E-state index contributed by atoms with van der Waals surface area (Å²) in [5, 5.41) is 12.8. The van der Waals surface area contributed by atoms with Crippen LogP contribution in [0.3, 0.4) is 0 Å². The lowest BCUT2D eigenvalue weighted by atomic mass is 9.96. The SMILES string of the molecule is CCOC(=O)N1CCC(NC(=O)[C@H]2CCCN(c3ccc(Sc4cccc(OC)c4)nn3)C2)CC1. The zero-order valence-corrected chi connectivity index (χ0v) is 21.1. The Morgan fingerprint density at radius 1 is 1.11 bits per heavy atom. The Morgan fingerprint density at radius 3 is 2.66 bits per heavy atom. The zero-order valence-electron chi connectivity index (χ0n) is 20.3. The lowest BCUT2D eigenvalue weighted by molar-refractivity contribution is -0.126. The molecule has 0 saturated carbocycles. The molecular formula is C25H33N5O4S. The van der Waals surface area contributed by atoms with Gasteiger partial charge in [0.25, 0.3) is 0 Å². The number of carbonyl (C=O) groups is 2. The summed E-state index contributed by atoms with van der Waals surface area (Å²) in [5.74, 6) is 1.60. The summed E-state index contributed by atoms with van der Waals surface area (Å²) in [6.07, 6.45) is 3.02. The molecule has 188 valence electrons. The first kappa shape index (κ1) is 25.1. The summed E-state index contributed by atoms with van der Waals surface area (Å²) in [5.41, 5.74) is 0. The van der Waals surface area contributed by atoms with Crippen molar-refractivity contribution in [1.82, 2.24) is 20.4 Å². The van der Waals surface area contributed by atoms with Gasteiger partial charge >= 0.3 is 6.09 Å². The monoisotopic (exact) mass is 499 g/mol. The van der Waals surface area contributed by atoms with Crippen molar-refractivity contribution >= 4 is 29.6 Å². The van der Waals surface area contributed by atoms with Gasteiger partial charge in [-0.05, 0) is 62.9 Å². The second-order valence-corrected chi connectivity index (χ2v) is 9.86. The van der Waals surface area contributed by atoms with Crippen molar-refractivity contribution in [3.05, 3.63) is 36.4 Å². The van der Waals surface area contributed by atoms with Gasteiger partial charge in [0.1, 0.15) is 10.8 Å². The highest BCUT2D eigenvalue weighted by atomic mass is 32.2. The summed E-state index contributed by atoms with van der Waals surface area (Å²) in [6.45, 7) is 4.89. The number of hydrogen-bond donors (Lipinski definition) is 1. The molecule has 2 saturated heterocycles. The van der Waals surface area contributed by atoms with Gasteiger partial charge in [0.05, 0.1) is 19.6 Å². The average Bonchev–Trinajstić information content (AvgIpc) is 2.90. The Labute approximate surface area is 210 Å². The summed E-state index contributed by atoms with van der Waals surface area (Å²) in [6, 6.07) is 11.9. The fraction of sp³-hybridized carbons (Fsp3) is 0.520. The molecule has 2 aromatic rings. The fourth-order valence-electron chi connectivity index (χ4n) is 4.46. The summed E-state index contributed by atoms with van der Waals surface area (Å²) >= 11 is 1.53. The van der Waals surface area contributed by atoms with Crippen LogP contribution >= 0.6 is 11.8 Å². The first-order valence-corrected chi connectivity index (χ1v) is 13.0. The molecule has 2 aliphatic heterocycles. The number of benzene rings is 1. The molecule has 1 aromatic carbocycles. The van der Waals surface area contributed by atoms with Gasteiger partial charge in [-0.1, -0.05) is 17.8 Å². The standard InChI is InChI=1S/C25H33N5O4S/c1-3-34-25(32)29-14-11-19(12-15-29)26-24(31)18-6-5-13-30(17-18)22-9-10-23(28-27-22)35-21-8-4-7-20(16-21)33-2/h4,7-10,16,18-19H,3,5-6,11-15,17H2,1-2H3,(H,26,31)/t18-/m0/s1. The number of nitrogens with zero attached hydrogens (tertiary/aromatic N) is 4. The summed E-state index contributed by atoms with van der Waals surface area (Å²) in [4.78, 5) is 29.7. The molecule has 2 fully saturated rings. The van der Waals surface area contributed by atoms with Crippen LogP contribution in [-0.2, 0) is 9.53 Å². The minimum atomic E-state index is -0.269. The van der Waals surface area contributed by atoms with E-state index in [0.29, 0.717) is 26.2 Å². The smallest absolute Gasteiger partial charge is 0.409 e. The number of piperidine rings is 2. The largest absolute Gasteiger partial charge is 0.497 e. The normalized spacial score (nSPS) is 18.7. The van der Waals surface area contributed by atoms with Crippen LogP contribution in [0.15, 0.2) is 46.3 Å². The van der Waals surface area contributed by atoms with Gasteiger partial charge in [0, 0.05) is 37.1 Å². The van der Waals surface area contributed by atoms with E-state index in [4.69, 9.17) is 9.47 Å². The number of rotatable bonds is 7. The van der Waals surface area contributed by atoms with Crippen LogP contribution in [0.4, 0.5) is 10.6 Å². The van der Waals surface area contributed by atoms with Gasteiger partial charge in [-0.3, -0.25) is 4.79 Å². The topological polar surface area (TPSA) is 96.9 Å². The van der Waals surface area contributed by atoms with E-state index in [1.807, 2.05) is 36.4 Å². The Balaban J connectivity index is 1.27. The number of nitrogens with one attached hydrogen (secondary N) is 1. The van der Waals surface area contributed by atoms with Crippen molar-refractivity contribution in [1.29, 1.82) is 0 Å². The lowest BCUT2D eigenvalue weighted by Crippen LogP contribution is -2.50. The van der Waals surface area contributed by atoms with Gasteiger partial charge < -0.3 is 24.6 Å². The third-order valence-corrected chi connectivity index (χ3v) is 7.29. The van der Waals surface area contributed by atoms with Crippen LogP contribution in [0, 0.1) is 5.92 Å². The molecule has 9 nitrogen and oxygen atoms in total. The fourth-order valence-corrected chi connectivity index (χ4v) is 5.24. The van der Waals surface area contributed by atoms with Gasteiger partial charge in [-0.15, -0.1) is 10.2 Å². The van der Waals surface area contributed by atoms with Crippen LogP contribution in [0.2, 0.25) is 0 Å². The predicted octanol–water partition coefficient (Wildman–Crippen LogP) is 3.59. The number of aromatic nitrogens is 2. The predicted molar refractivity (Wildman–Crippen MR) is 134 cm³/mol. The molecule has 1 atom stereocenters. The highest BCUT2D eigenvalue weighted by Crippen LogP contribution is 2.29. The average molecular weight is 500 g/mol. The maximum Gasteiger partial charge on any atom is 0.409 e. The van der Waals surface area contributed by atoms with E-state index < -0.39 is 0 Å². The van der Waals surface area contributed by atoms with Gasteiger partial charge in [-0.25, -0.2) is 4.79 Å². The molecule has 2 amide bonds. The van der Waals surface area contributed by atoms with Crippen molar-refractivity contribution < 1.29 is 19.1 Å². The minimum absolute atomic E-state index is 0.0838. The first-order valence-electron chi connectivity index (χ1n) is 12.2. The molecule has 10 heteroatoms. The van der Waals surface area contributed by atoms with Crippen LogP contribution in [0.25, 0.3) is 0 Å². The van der Waals surface area contributed by atoms with E-state index in [0.717, 1.165) is 53.7 Å². The quantitative estimate of drug-likeness (QED) is 0.617. The second kappa shape index (κ2) is 12.1. The Kier molecular flexibility index (Phi) is 8.68. The van der Waals surface area contributed by atoms with Crippen molar-refractivity contribution in [3.8, 4) is 5.75 Å². The molecule has 3 heterocycles. The Hall–Kier alpha value is -3.01. The Bertz CT molecular complexity index is 998. The van der Waals surface area contributed by atoms with E-state index in [9.17, 15) is 9.59 Å². The molecule has 0 spiro atoms. The number of likely N-dealkylation sites (tertiary alicyclic amines) is 1. The molecule has 35 heavy (non-hydrogen) atoms. The molecule has 0 unspecified atom stereocenters. The number of amides is 2. The van der Waals surface area contributed by atoms with Crippen molar-refractivity contribution in [2.75, 3.05) is 44.8 Å². The van der Waals surface area contributed by atoms with Gasteiger partial charge in [0.2, 0.25) is 5.91 Å². The minimum Gasteiger partial charge on any atom is -0.497 e. The maximum absolute atomic E-state index is 13.0. The van der Waals surface area contributed by atoms with Crippen LogP contribution in [0.5, 0.6) is 5.75 Å².